The van der Waals surface area contributed by atoms with Gasteiger partial charge in [-0.05, 0) is 50.6 Å². The molecule has 3 nitrogen and oxygen atoms in total. The first-order chi connectivity index (χ1) is 9.97. The van der Waals surface area contributed by atoms with Gasteiger partial charge in [0.2, 0.25) is 5.91 Å². The Morgan fingerprint density at radius 1 is 1.19 bits per heavy atom. The lowest BCUT2D eigenvalue weighted by Crippen LogP contribution is -2.23. The molecule has 0 heterocycles. The largest absolute Gasteiger partial charge is 0.398 e. The van der Waals surface area contributed by atoms with Crippen molar-refractivity contribution in [1.82, 2.24) is 0 Å². The van der Waals surface area contributed by atoms with Crippen LogP contribution in [0.4, 0.5) is 11.4 Å². The van der Waals surface area contributed by atoms with Gasteiger partial charge in [-0.2, -0.15) is 0 Å². The fourth-order valence-corrected chi connectivity index (χ4v) is 2.95. The number of thioether (sulfide) groups is 1. The van der Waals surface area contributed by atoms with E-state index in [0.29, 0.717) is 5.69 Å². The predicted molar refractivity (Wildman–Crippen MR) is 90.7 cm³/mol. The summed E-state index contributed by atoms with van der Waals surface area (Å²) in [4.78, 5) is 13.4. The second-order valence-corrected chi connectivity index (χ2v) is 6.50. The van der Waals surface area contributed by atoms with E-state index in [2.05, 4.69) is 11.4 Å². The smallest absolute Gasteiger partial charge is 0.237 e. The van der Waals surface area contributed by atoms with Crippen molar-refractivity contribution in [3.63, 3.8) is 0 Å². The van der Waals surface area contributed by atoms with E-state index in [0.717, 1.165) is 16.1 Å². The van der Waals surface area contributed by atoms with Crippen LogP contribution in [0.5, 0.6) is 0 Å². The zero-order chi connectivity index (χ0) is 15.4. The zero-order valence-corrected chi connectivity index (χ0v) is 13.3. The van der Waals surface area contributed by atoms with E-state index in [9.17, 15) is 4.79 Å². The van der Waals surface area contributed by atoms with E-state index in [1.54, 1.807) is 11.8 Å². The Labute approximate surface area is 129 Å². The highest BCUT2D eigenvalue weighted by Crippen LogP contribution is 2.26. The second-order valence-electron chi connectivity index (χ2n) is 5.09. The highest BCUT2D eigenvalue weighted by atomic mass is 32.2. The van der Waals surface area contributed by atoms with Crippen molar-refractivity contribution in [2.24, 2.45) is 0 Å². The van der Waals surface area contributed by atoms with Gasteiger partial charge < -0.3 is 11.1 Å². The maximum absolute atomic E-state index is 12.3. The minimum Gasteiger partial charge on any atom is -0.398 e. The lowest BCUT2D eigenvalue weighted by Gasteiger charge is -2.14. The summed E-state index contributed by atoms with van der Waals surface area (Å²) < 4.78 is 0. The molecule has 0 saturated carbocycles. The average Bonchev–Trinajstić information content (AvgIpc) is 2.44. The van der Waals surface area contributed by atoms with Gasteiger partial charge in [-0.3, -0.25) is 4.79 Å². The Morgan fingerprint density at radius 3 is 2.62 bits per heavy atom. The Hall–Kier alpha value is -1.94. The number of anilines is 2. The summed E-state index contributed by atoms with van der Waals surface area (Å²) in [6, 6.07) is 13.7. The summed E-state index contributed by atoms with van der Waals surface area (Å²) in [7, 11) is 0. The van der Waals surface area contributed by atoms with Gasteiger partial charge in [0, 0.05) is 16.3 Å². The molecule has 1 unspecified atom stereocenters. The molecule has 2 aromatic carbocycles. The normalized spacial score (nSPS) is 12.0. The molecular formula is C17H20N2OS. The van der Waals surface area contributed by atoms with Crippen LogP contribution in [0.3, 0.4) is 0 Å². The third kappa shape index (κ3) is 4.02. The summed E-state index contributed by atoms with van der Waals surface area (Å²) in [5, 5.41) is 2.77. The number of carbonyl (C=O) groups excluding carboxylic acids is 1. The molecule has 0 fully saturated rings. The van der Waals surface area contributed by atoms with Gasteiger partial charge >= 0.3 is 0 Å². The number of nitrogen functional groups attached to an aromatic ring is 1. The van der Waals surface area contributed by atoms with Crippen LogP contribution in [0.2, 0.25) is 0 Å². The summed E-state index contributed by atoms with van der Waals surface area (Å²) in [5.41, 5.74) is 9.41. The minimum atomic E-state index is -0.173. The third-order valence-electron chi connectivity index (χ3n) is 3.31. The van der Waals surface area contributed by atoms with E-state index in [-0.39, 0.29) is 11.2 Å². The Bertz CT molecular complexity index is 655. The van der Waals surface area contributed by atoms with Crippen molar-refractivity contribution in [1.29, 1.82) is 0 Å². The summed E-state index contributed by atoms with van der Waals surface area (Å²) in [6.07, 6.45) is 0. The van der Waals surface area contributed by atoms with Crippen molar-refractivity contribution >= 4 is 29.0 Å². The van der Waals surface area contributed by atoms with Crippen LogP contribution in [-0.2, 0) is 4.79 Å². The van der Waals surface area contributed by atoms with Crippen molar-refractivity contribution in [2.75, 3.05) is 11.1 Å². The van der Waals surface area contributed by atoms with E-state index >= 15 is 0 Å². The van der Waals surface area contributed by atoms with Gasteiger partial charge in [-0.15, -0.1) is 11.8 Å². The highest BCUT2D eigenvalue weighted by Gasteiger charge is 2.15. The van der Waals surface area contributed by atoms with Crippen molar-refractivity contribution in [3.05, 3.63) is 53.6 Å². The van der Waals surface area contributed by atoms with Crippen molar-refractivity contribution < 1.29 is 4.79 Å². The van der Waals surface area contributed by atoms with Gasteiger partial charge in [-0.25, -0.2) is 0 Å². The van der Waals surface area contributed by atoms with Gasteiger partial charge in [0.1, 0.15) is 0 Å². The molecule has 4 heteroatoms. The number of hydrogen-bond acceptors (Lipinski definition) is 3. The van der Waals surface area contributed by atoms with Crippen LogP contribution in [0, 0.1) is 13.8 Å². The number of nitrogens with two attached hydrogens (primary N) is 1. The average molecular weight is 300 g/mol. The standard InChI is InChI=1S/C17H20N2OS/c1-11-6-4-7-14(10-11)21-13(3)17(20)19-16-9-5-8-15(18)12(16)2/h4-10,13H,18H2,1-3H3,(H,19,20). The van der Waals surface area contributed by atoms with Crippen LogP contribution < -0.4 is 11.1 Å². The first kappa shape index (κ1) is 15.4. The van der Waals surface area contributed by atoms with E-state index < -0.39 is 0 Å². The third-order valence-corrected chi connectivity index (χ3v) is 4.40. The molecule has 0 bridgehead atoms. The monoisotopic (exact) mass is 300 g/mol. The highest BCUT2D eigenvalue weighted by molar-refractivity contribution is 8.00. The van der Waals surface area contributed by atoms with Crippen LogP contribution in [-0.4, -0.2) is 11.2 Å². The van der Waals surface area contributed by atoms with Gasteiger partial charge in [0.15, 0.2) is 0 Å². The molecule has 1 amide bonds. The van der Waals surface area contributed by atoms with Gasteiger partial charge in [0.05, 0.1) is 5.25 Å². The number of nitrogens with one attached hydrogen (secondary N) is 1. The molecule has 3 N–H and O–H groups in total. The SMILES string of the molecule is Cc1cccc(SC(C)C(=O)Nc2cccc(N)c2C)c1. The van der Waals surface area contributed by atoms with Crippen molar-refractivity contribution in [2.45, 2.75) is 30.9 Å². The number of benzene rings is 2. The maximum Gasteiger partial charge on any atom is 0.237 e. The fourth-order valence-electron chi connectivity index (χ4n) is 1.97. The summed E-state index contributed by atoms with van der Waals surface area (Å²) in [5.74, 6) is -0.0183. The van der Waals surface area contributed by atoms with Crippen LogP contribution in [0.1, 0.15) is 18.1 Å². The number of carbonyl (C=O) groups is 1. The molecule has 110 valence electrons. The molecule has 0 spiro atoms. The van der Waals surface area contributed by atoms with Crippen molar-refractivity contribution in [3.8, 4) is 0 Å². The topological polar surface area (TPSA) is 55.1 Å². The maximum atomic E-state index is 12.3. The Morgan fingerprint density at radius 2 is 1.90 bits per heavy atom. The number of hydrogen-bond donors (Lipinski definition) is 2. The number of rotatable bonds is 4. The molecule has 0 saturated heterocycles. The molecular weight excluding hydrogens is 280 g/mol. The molecule has 0 aliphatic rings. The molecule has 1 atom stereocenters. The summed E-state index contributed by atoms with van der Waals surface area (Å²) in [6.45, 7) is 5.86. The number of amides is 1. The van der Waals surface area contributed by atoms with Gasteiger partial charge in [0.25, 0.3) is 0 Å². The predicted octanol–water partition coefficient (Wildman–Crippen LogP) is 4.00. The molecule has 2 aromatic rings. The second kappa shape index (κ2) is 6.68. The van der Waals surface area contributed by atoms with Gasteiger partial charge in [-0.1, -0.05) is 23.8 Å². The fraction of sp³-hybridized carbons (Fsp3) is 0.235. The summed E-state index contributed by atoms with van der Waals surface area (Å²) >= 11 is 1.55. The first-order valence-electron chi connectivity index (χ1n) is 6.86. The quantitative estimate of drug-likeness (QED) is 0.662. The molecule has 21 heavy (non-hydrogen) atoms. The zero-order valence-electron chi connectivity index (χ0n) is 12.5. The van der Waals surface area contributed by atoms with Crippen LogP contribution in [0.25, 0.3) is 0 Å². The molecule has 0 aliphatic heterocycles. The molecule has 0 aliphatic carbocycles. The Kier molecular flexibility index (Phi) is 4.91. The van der Waals surface area contributed by atoms with E-state index in [4.69, 9.17) is 5.73 Å². The van der Waals surface area contributed by atoms with E-state index in [1.807, 2.05) is 57.2 Å². The molecule has 2 rings (SSSR count). The van der Waals surface area contributed by atoms with Crippen LogP contribution in [0.15, 0.2) is 47.4 Å². The van der Waals surface area contributed by atoms with E-state index in [1.165, 1.54) is 5.56 Å². The Balaban J connectivity index is 2.04. The van der Waals surface area contributed by atoms with Crippen LogP contribution >= 0.6 is 11.8 Å². The lowest BCUT2D eigenvalue weighted by molar-refractivity contribution is -0.115. The first-order valence-corrected chi connectivity index (χ1v) is 7.74. The minimum absolute atomic E-state index is 0.0183. The molecule has 0 aromatic heterocycles. The lowest BCUT2D eigenvalue weighted by atomic mass is 10.1. The number of aryl methyl sites for hydroxylation is 1. The molecule has 0 radical (unpaired) electrons.